The van der Waals surface area contributed by atoms with E-state index in [2.05, 4.69) is 12.2 Å². The molecule has 0 aliphatic rings. The van der Waals surface area contributed by atoms with Crippen molar-refractivity contribution in [2.75, 3.05) is 12.0 Å². The lowest BCUT2D eigenvalue weighted by Crippen LogP contribution is -2.41. The molecule has 0 spiro atoms. The fourth-order valence-electron chi connectivity index (χ4n) is 2.36. The summed E-state index contributed by atoms with van der Waals surface area (Å²) < 4.78 is 0. The molecule has 0 aromatic carbocycles. The zero-order valence-electron chi connectivity index (χ0n) is 14.2. The summed E-state index contributed by atoms with van der Waals surface area (Å²) in [5.41, 5.74) is 0. The summed E-state index contributed by atoms with van der Waals surface area (Å²) in [4.78, 5) is 22.8. The Kier molecular flexibility index (Phi) is 14.7. The molecule has 0 heterocycles. The number of nitrogens with one attached hydrogen (secondary N) is 1. The smallest absolute Gasteiger partial charge is 0.326 e. The van der Waals surface area contributed by atoms with Crippen LogP contribution in [0.1, 0.15) is 77.6 Å². The monoisotopic (exact) mass is 331 g/mol. The molecule has 2 N–H and O–H groups in total. The van der Waals surface area contributed by atoms with Crippen LogP contribution >= 0.6 is 11.8 Å². The van der Waals surface area contributed by atoms with Crippen LogP contribution in [0.5, 0.6) is 0 Å². The second-order valence-corrected chi connectivity index (χ2v) is 6.80. The number of carboxylic acids is 1. The molecule has 0 fully saturated rings. The molecule has 0 aromatic heterocycles. The van der Waals surface area contributed by atoms with Crippen LogP contribution < -0.4 is 5.32 Å². The average molecular weight is 332 g/mol. The number of rotatable bonds is 15. The van der Waals surface area contributed by atoms with Crippen LogP contribution in [0, 0.1) is 0 Å². The van der Waals surface area contributed by atoms with Crippen LogP contribution in [-0.4, -0.2) is 35.0 Å². The fraction of sp³-hybridized carbons (Fsp3) is 0.882. The molecule has 0 saturated heterocycles. The standard InChI is InChI=1S/C17H33NO3S/c1-3-4-5-6-7-8-9-10-11-12-16(19)18-15(17(20)21)13-14-22-2/h15H,3-14H2,1-2H3,(H,18,19)(H,20,21)/t15-/m0/s1. The van der Waals surface area contributed by atoms with E-state index in [4.69, 9.17) is 5.11 Å². The number of carbonyl (C=O) groups excluding carboxylic acids is 1. The van der Waals surface area contributed by atoms with Crippen LogP contribution in [-0.2, 0) is 9.59 Å². The molecule has 0 rings (SSSR count). The number of amides is 1. The molecule has 0 aromatic rings. The van der Waals surface area contributed by atoms with Crippen molar-refractivity contribution in [3.63, 3.8) is 0 Å². The van der Waals surface area contributed by atoms with Gasteiger partial charge in [0.1, 0.15) is 6.04 Å². The van der Waals surface area contributed by atoms with Gasteiger partial charge in [-0.25, -0.2) is 4.79 Å². The van der Waals surface area contributed by atoms with Gasteiger partial charge in [-0.15, -0.1) is 0 Å². The van der Waals surface area contributed by atoms with Gasteiger partial charge in [-0.05, 0) is 24.9 Å². The molecule has 0 aliphatic heterocycles. The first-order valence-corrected chi connectivity index (χ1v) is 10.0. The predicted molar refractivity (Wildman–Crippen MR) is 94.4 cm³/mol. The van der Waals surface area contributed by atoms with Gasteiger partial charge >= 0.3 is 5.97 Å². The van der Waals surface area contributed by atoms with Crippen LogP contribution in [0.25, 0.3) is 0 Å². The van der Waals surface area contributed by atoms with E-state index in [9.17, 15) is 9.59 Å². The molecular formula is C17H33NO3S. The van der Waals surface area contributed by atoms with Gasteiger partial charge in [-0.1, -0.05) is 58.3 Å². The summed E-state index contributed by atoms with van der Waals surface area (Å²) in [6.07, 6.45) is 13.8. The van der Waals surface area contributed by atoms with E-state index in [1.165, 1.54) is 44.9 Å². The van der Waals surface area contributed by atoms with Gasteiger partial charge in [-0.3, -0.25) is 4.79 Å². The third-order valence-corrected chi connectivity index (χ3v) is 4.40. The normalized spacial score (nSPS) is 12.1. The molecular weight excluding hydrogens is 298 g/mol. The third kappa shape index (κ3) is 13.0. The van der Waals surface area contributed by atoms with Gasteiger partial charge < -0.3 is 10.4 Å². The lowest BCUT2D eigenvalue weighted by molar-refractivity contribution is -0.141. The molecule has 22 heavy (non-hydrogen) atoms. The first-order valence-electron chi connectivity index (χ1n) is 8.63. The topological polar surface area (TPSA) is 66.4 Å². The Morgan fingerprint density at radius 1 is 1.00 bits per heavy atom. The summed E-state index contributed by atoms with van der Waals surface area (Å²) in [6, 6.07) is -0.737. The molecule has 1 atom stereocenters. The van der Waals surface area contributed by atoms with Crippen molar-refractivity contribution in [3.05, 3.63) is 0 Å². The first-order chi connectivity index (χ1) is 10.6. The summed E-state index contributed by atoms with van der Waals surface area (Å²) >= 11 is 1.59. The molecule has 5 heteroatoms. The van der Waals surface area contributed by atoms with Gasteiger partial charge in [-0.2, -0.15) is 11.8 Å². The maximum atomic E-state index is 11.7. The van der Waals surface area contributed by atoms with Gasteiger partial charge in [0.15, 0.2) is 0 Å². The van der Waals surface area contributed by atoms with Crippen LogP contribution in [0.15, 0.2) is 0 Å². The van der Waals surface area contributed by atoms with Crippen molar-refractivity contribution < 1.29 is 14.7 Å². The summed E-state index contributed by atoms with van der Waals surface area (Å²) in [5, 5.41) is 11.7. The number of carboxylic acid groups (broad SMARTS) is 1. The molecule has 0 saturated carbocycles. The van der Waals surface area contributed by atoms with E-state index in [0.717, 1.165) is 18.6 Å². The minimum atomic E-state index is -0.936. The Morgan fingerprint density at radius 2 is 1.55 bits per heavy atom. The zero-order valence-corrected chi connectivity index (χ0v) is 15.1. The van der Waals surface area contributed by atoms with Crippen LogP contribution in [0.4, 0.5) is 0 Å². The minimum Gasteiger partial charge on any atom is -0.480 e. The van der Waals surface area contributed by atoms with E-state index in [-0.39, 0.29) is 5.91 Å². The summed E-state index contributed by atoms with van der Waals surface area (Å²) in [7, 11) is 0. The molecule has 4 nitrogen and oxygen atoms in total. The highest BCUT2D eigenvalue weighted by molar-refractivity contribution is 7.98. The Hall–Kier alpha value is -0.710. The maximum Gasteiger partial charge on any atom is 0.326 e. The van der Waals surface area contributed by atoms with Crippen molar-refractivity contribution in [3.8, 4) is 0 Å². The highest BCUT2D eigenvalue weighted by Crippen LogP contribution is 2.10. The SMILES string of the molecule is CCCCCCCCCCCC(=O)N[C@@H](CCSC)C(=O)O. The van der Waals surface area contributed by atoms with Crippen molar-refractivity contribution in [2.24, 2.45) is 0 Å². The van der Waals surface area contributed by atoms with Crippen molar-refractivity contribution in [1.29, 1.82) is 0 Å². The van der Waals surface area contributed by atoms with Gasteiger partial charge in [0.05, 0.1) is 0 Å². The van der Waals surface area contributed by atoms with Crippen molar-refractivity contribution in [1.82, 2.24) is 5.32 Å². The molecule has 130 valence electrons. The molecule has 0 aliphatic carbocycles. The third-order valence-electron chi connectivity index (χ3n) is 3.75. The molecule has 1 amide bonds. The van der Waals surface area contributed by atoms with Gasteiger partial charge in [0.25, 0.3) is 0 Å². The van der Waals surface area contributed by atoms with E-state index >= 15 is 0 Å². The number of hydrogen-bond donors (Lipinski definition) is 2. The van der Waals surface area contributed by atoms with Crippen molar-refractivity contribution in [2.45, 2.75) is 83.6 Å². The van der Waals surface area contributed by atoms with E-state index in [0.29, 0.717) is 12.8 Å². The zero-order chi connectivity index (χ0) is 16.6. The number of unbranched alkanes of at least 4 members (excludes halogenated alkanes) is 8. The van der Waals surface area contributed by atoms with Crippen LogP contribution in [0.3, 0.4) is 0 Å². The van der Waals surface area contributed by atoms with Crippen molar-refractivity contribution >= 4 is 23.6 Å². The summed E-state index contributed by atoms with van der Waals surface area (Å²) in [6.45, 7) is 2.22. The van der Waals surface area contributed by atoms with Gasteiger partial charge in [0, 0.05) is 6.42 Å². The van der Waals surface area contributed by atoms with E-state index in [1.54, 1.807) is 11.8 Å². The molecule has 0 radical (unpaired) electrons. The highest BCUT2D eigenvalue weighted by atomic mass is 32.2. The second kappa shape index (κ2) is 15.2. The minimum absolute atomic E-state index is 0.128. The van der Waals surface area contributed by atoms with Gasteiger partial charge in [0.2, 0.25) is 5.91 Å². The first kappa shape index (κ1) is 21.3. The number of thioether (sulfide) groups is 1. The maximum absolute atomic E-state index is 11.7. The number of hydrogen-bond acceptors (Lipinski definition) is 3. The Morgan fingerprint density at radius 3 is 2.05 bits per heavy atom. The Balaban J connectivity index is 3.57. The quantitative estimate of drug-likeness (QED) is 0.441. The lowest BCUT2D eigenvalue weighted by atomic mass is 10.1. The Bertz CT molecular complexity index is 298. The highest BCUT2D eigenvalue weighted by Gasteiger charge is 2.18. The number of carbonyl (C=O) groups is 2. The molecule has 0 bridgehead atoms. The lowest BCUT2D eigenvalue weighted by Gasteiger charge is -2.13. The average Bonchev–Trinajstić information content (AvgIpc) is 2.49. The number of aliphatic carboxylic acids is 1. The van der Waals surface area contributed by atoms with E-state index in [1.807, 2.05) is 6.26 Å². The predicted octanol–water partition coefficient (Wildman–Crippen LogP) is 4.23. The molecule has 0 unspecified atom stereocenters. The second-order valence-electron chi connectivity index (χ2n) is 5.82. The Labute approximate surface area is 139 Å². The van der Waals surface area contributed by atoms with Crippen LogP contribution in [0.2, 0.25) is 0 Å². The van der Waals surface area contributed by atoms with E-state index < -0.39 is 12.0 Å². The largest absolute Gasteiger partial charge is 0.480 e. The summed E-state index contributed by atoms with van der Waals surface area (Å²) in [5.74, 6) is -0.319. The fourth-order valence-corrected chi connectivity index (χ4v) is 2.83.